The molecule has 1 saturated carbocycles. The number of halogens is 9. The molecule has 0 heterocycles. The SMILES string of the molecule is Cc1ccc(-c2ccc(C3CCC(C(F)(F)Oc4cc(F)c(C(F)(F)F)c(F)c4)CC3)c(F)c2F)cc1. The van der Waals surface area contributed by atoms with E-state index in [1.807, 2.05) is 6.92 Å². The van der Waals surface area contributed by atoms with Gasteiger partial charge in [-0.15, -0.1) is 0 Å². The first-order valence-corrected chi connectivity index (χ1v) is 11.5. The zero-order chi connectivity index (χ0) is 27.1. The molecule has 0 amide bonds. The van der Waals surface area contributed by atoms with Crippen molar-refractivity contribution < 1.29 is 44.3 Å². The first kappa shape index (κ1) is 26.9. The van der Waals surface area contributed by atoms with Gasteiger partial charge in [0.2, 0.25) is 0 Å². The van der Waals surface area contributed by atoms with Crippen molar-refractivity contribution in [2.75, 3.05) is 0 Å². The number of rotatable bonds is 5. The second kappa shape index (κ2) is 9.95. The van der Waals surface area contributed by atoms with Crippen molar-refractivity contribution in [3.8, 4) is 16.9 Å². The van der Waals surface area contributed by atoms with Crippen LogP contribution in [0.2, 0.25) is 0 Å². The summed E-state index contributed by atoms with van der Waals surface area (Å²) in [5, 5.41) is 0. The minimum atomic E-state index is -5.35. The lowest BCUT2D eigenvalue weighted by Crippen LogP contribution is -2.37. The van der Waals surface area contributed by atoms with Crippen LogP contribution in [0.3, 0.4) is 0 Å². The van der Waals surface area contributed by atoms with E-state index in [2.05, 4.69) is 4.74 Å². The average Bonchev–Trinajstić information content (AvgIpc) is 2.80. The van der Waals surface area contributed by atoms with Gasteiger partial charge >= 0.3 is 12.3 Å². The Hall–Kier alpha value is -3.17. The molecule has 0 saturated heterocycles. The fraction of sp³-hybridized carbons (Fsp3) is 0.333. The zero-order valence-corrected chi connectivity index (χ0v) is 19.4. The second-order valence-corrected chi connectivity index (χ2v) is 9.17. The Labute approximate surface area is 206 Å². The van der Waals surface area contributed by atoms with Gasteiger partial charge in [0.25, 0.3) is 0 Å². The number of ether oxygens (including phenoxy) is 1. The molecule has 0 aliphatic heterocycles. The maximum Gasteiger partial charge on any atom is 0.422 e. The number of aryl methyl sites for hydroxylation is 1. The van der Waals surface area contributed by atoms with Crippen LogP contribution in [0, 0.1) is 36.1 Å². The highest BCUT2D eigenvalue weighted by Crippen LogP contribution is 2.45. The van der Waals surface area contributed by atoms with Gasteiger partial charge in [-0.25, -0.2) is 17.6 Å². The summed E-state index contributed by atoms with van der Waals surface area (Å²) in [4.78, 5) is 0. The second-order valence-electron chi connectivity index (χ2n) is 9.17. The Morgan fingerprint density at radius 2 is 1.30 bits per heavy atom. The van der Waals surface area contributed by atoms with Crippen molar-refractivity contribution in [1.82, 2.24) is 0 Å². The standard InChI is InChI=1S/C27H21F9O/c1-14-2-4-15(5-3-14)19-10-11-20(25(31)24(19)30)16-6-8-17(9-7-16)27(35,36)37-18-12-21(28)23(22(29)13-18)26(32,33)34/h2-5,10-13,16-17H,6-9H2,1H3. The van der Waals surface area contributed by atoms with Gasteiger partial charge in [-0.05, 0) is 49.7 Å². The number of benzene rings is 3. The van der Waals surface area contributed by atoms with Crippen LogP contribution in [0.5, 0.6) is 5.75 Å². The summed E-state index contributed by atoms with van der Waals surface area (Å²) >= 11 is 0. The summed E-state index contributed by atoms with van der Waals surface area (Å²) in [6.45, 7) is 1.86. The van der Waals surface area contributed by atoms with Crippen LogP contribution in [0.1, 0.15) is 48.3 Å². The Bertz CT molecular complexity index is 1250. The van der Waals surface area contributed by atoms with Crippen LogP contribution in [0.4, 0.5) is 39.5 Å². The Balaban J connectivity index is 1.46. The normalized spacial score (nSPS) is 18.6. The lowest BCUT2D eigenvalue weighted by Gasteiger charge is -2.33. The van der Waals surface area contributed by atoms with Crippen LogP contribution < -0.4 is 4.74 Å². The van der Waals surface area contributed by atoms with Crippen molar-refractivity contribution in [2.45, 2.75) is 50.8 Å². The third-order valence-electron chi connectivity index (χ3n) is 6.67. The highest BCUT2D eigenvalue weighted by atomic mass is 19.4. The molecule has 37 heavy (non-hydrogen) atoms. The van der Waals surface area contributed by atoms with Crippen LogP contribution in [0.15, 0.2) is 48.5 Å². The van der Waals surface area contributed by atoms with Gasteiger partial charge in [-0.2, -0.15) is 22.0 Å². The highest BCUT2D eigenvalue weighted by Gasteiger charge is 2.45. The Morgan fingerprint density at radius 1 is 0.730 bits per heavy atom. The minimum Gasteiger partial charge on any atom is -0.432 e. The fourth-order valence-corrected chi connectivity index (χ4v) is 4.70. The predicted molar refractivity (Wildman–Crippen MR) is 118 cm³/mol. The Morgan fingerprint density at radius 3 is 1.84 bits per heavy atom. The highest BCUT2D eigenvalue weighted by molar-refractivity contribution is 5.65. The molecule has 198 valence electrons. The first-order chi connectivity index (χ1) is 17.3. The molecule has 0 unspecified atom stereocenters. The molecule has 3 aromatic rings. The van der Waals surface area contributed by atoms with E-state index < -0.39 is 58.7 Å². The summed E-state index contributed by atoms with van der Waals surface area (Å²) in [5.74, 6) is -9.33. The molecule has 1 aliphatic rings. The number of hydrogen-bond donors (Lipinski definition) is 0. The van der Waals surface area contributed by atoms with E-state index in [1.165, 1.54) is 12.1 Å². The van der Waals surface area contributed by atoms with Gasteiger partial charge in [-0.1, -0.05) is 42.0 Å². The smallest absolute Gasteiger partial charge is 0.422 e. The van der Waals surface area contributed by atoms with E-state index in [9.17, 15) is 39.5 Å². The molecule has 10 heteroatoms. The first-order valence-electron chi connectivity index (χ1n) is 11.5. The molecular formula is C27H21F9O. The number of hydrogen-bond acceptors (Lipinski definition) is 1. The molecule has 0 aromatic heterocycles. The third kappa shape index (κ3) is 5.57. The molecule has 0 spiro atoms. The molecule has 0 bridgehead atoms. The van der Waals surface area contributed by atoms with Crippen molar-refractivity contribution in [2.24, 2.45) is 5.92 Å². The van der Waals surface area contributed by atoms with Crippen LogP contribution in [0.25, 0.3) is 11.1 Å². The summed E-state index contributed by atoms with van der Waals surface area (Å²) in [5.41, 5.74) is -0.627. The molecule has 0 radical (unpaired) electrons. The largest absolute Gasteiger partial charge is 0.432 e. The molecule has 0 atom stereocenters. The quantitative estimate of drug-likeness (QED) is 0.298. The van der Waals surface area contributed by atoms with Crippen LogP contribution in [-0.4, -0.2) is 6.11 Å². The lowest BCUT2D eigenvalue weighted by molar-refractivity contribution is -0.222. The molecule has 0 N–H and O–H groups in total. The van der Waals surface area contributed by atoms with Gasteiger partial charge < -0.3 is 4.74 Å². The molecule has 3 aromatic carbocycles. The fourth-order valence-electron chi connectivity index (χ4n) is 4.70. The molecule has 1 fully saturated rings. The summed E-state index contributed by atoms with van der Waals surface area (Å²) in [7, 11) is 0. The van der Waals surface area contributed by atoms with Gasteiger partial charge in [0.05, 0.1) is 5.92 Å². The van der Waals surface area contributed by atoms with Gasteiger partial charge in [0, 0.05) is 17.7 Å². The van der Waals surface area contributed by atoms with E-state index in [0.29, 0.717) is 5.56 Å². The van der Waals surface area contributed by atoms with Crippen LogP contribution in [-0.2, 0) is 6.18 Å². The molecule has 1 aliphatic carbocycles. The van der Waals surface area contributed by atoms with Gasteiger partial charge in [0.1, 0.15) is 22.9 Å². The third-order valence-corrected chi connectivity index (χ3v) is 6.67. The van der Waals surface area contributed by atoms with E-state index >= 15 is 0 Å². The van der Waals surface area contributed by atoms with Crippen molar-refractivity contribution in [3.63, 3.8) is 0 Å². The van der Waals surface area contributed by atoms with Gasteiger partial charge in [0.15, 0.2) is 11.6 Å². The molecular weight excluding hydrogens is 511 g/mol. The maximum atomic E-state index is 14.9. The van der Waals surface area contributed by atoms with Crippen LogP contribution >= 0.6 is 0 Å². The van der Waals surface area contributed by atoms with Crippen molar-refractivity contribution in [1.29, 1.82) is 0 Å². The monoisotopic (exact) mass is 532 g/mol. The topological polar surface area (TPSA) is 9.23 Å². The summed E-state index contributed by atoms with van der Waals surface area (Å²) < 4.78 is 129. The van der Waals surface area contributed by atoms with Gasteiger partial charge in [-0.3, -0.25) is 0 Å². The predicted octanol–water partition coefficient (Wildman–Crippen LogP) is 9.18. The number of alkyl halides is 5. The van der Waals surface area contributed by atoms with Crippen molar-refractivity contribution >= 4 is 0 Å². The van der Waals surface area contributed by atoms with E-state index in [1.54, 1.807) is 24.3 Å². The Kier molecular flexibility index (Phi) is 7.23. The molecule has 1 nitrogen and oxygen atoms in total. The lowest BCUT2D eigenvalue weighted by atomic mass is 9.77. The van der Waals surface area contributed by atoms with E-state index in [0.717, 1.165) is 5.56 Å². The zero-order valence-electron chi connectivity index (χ0n) is 19.4. The average molecular weight is 532 g/mol. The molecule has 4 rings (SSSR count). The summed E-state index contributed by atoms with van der Waals surface area (Å²) in [6, 6.07) is 9.83. The van der Waals surface area contributed by atoms with E-state index in [-0.39, 0.29) is 48.9 Å². The minimum absolute atomic E-state index is 0.0548. The van der Waals surface area contributed by atoms with Crippen molar-refractivity contribution in [3.05, 3.63) is 88.5 Å². The maximum absolute atomic E-state index is 14.9. The summed E-state index contributed by atoms with van der Waals surface area (Å²) in [6.07, 6.45) is -9.57. The van der Waals surface area contributed by atoms with E-state index in [4.69, 9.17) is 0 Å².